The van der Waals surface area contributed by atoms with Crippen molar-refractivity contribution in [2.45, 2.75) is 52.7 Å². The molecule has 0 saturated carbocycles. The summed E-state index contributed by atoms with van der Waals surface area (Å²) in [4.78, 5) is 7.26. The van der Waals surface area contributed by atoms with Crippen molar-refractivity contribution in [3.8, 4) is 0 Å². The summed E-state index contributed by atoms with van der Waals surface area (Å²) in [7, 11) is 0. The second kappa shape index (κ2) is 6.64. The summed E-state index contributed by atoms with van der Waals surface area (Å²) in [5.41, 5.74) is 1.25. The van der Waals surface area contributed by atoms with Gasteiger partial charge < -0.3 is 5.32 Å². The van der Waals surface area contributed by atoms with Crippen LogP contribution in [0.1, 0.15) is 44.3 Å². The molecule has 0 aromatic carbocycles. The third-order valence-corrected chi connectivity index (χ3v) is 4.49. The SMILES string of the molecule is CCC1CCN(Cc2csc(CNC(C)C)n2)C1. The van der Waals surface area contributed by atoms with Gasteiger partial charge in [0.05, 0.1) is 5.69 Å². The zero-order valence-electron chi connectivity index (χ0n) is 11.8. The molecule has 0 radical (unpaired) electrons. The zero-order valence-corrected chi connectivity index (χ0v) is 12.6. The molecule has 2 rings (SSSR count). The molecule has 1 atom stereocenters. The molecule has 1 aliphatic heterocycles. The van der Waals surface area contributed by atoms with Crippen molar-refractivity contribution < 1.29 is 0 Å². The Bertz CT molecular complexity index is 362. The van der Waals surface area contributed by atoms with Crippen LogP contribution in [-0.4, -0.2) is 29.0 Å². The van der Waals surface area contributed by atoms with Gasteiger partial charge in [-0.2, -0.15) is 0 Å². The number of nitrogens with one attached hydrogen (secondary N) is 1. The van der Waals surface area contributed by atoms with E-state index in [-0.39, 0.29) is 0 Å². The van der Waals surface area contributed by atoms with E-state index in [2.05, 4.69) is 36.4 Å². The number of hydrogen-bond acceptors (Lipinski definition) is 4. The highest BCUT2D eigenvalue weighted by Crippen LogP contribution is 2.21. The van der Waals surface area contributed by atoms with Crippen LogP contribution in [0.5, 0.6) is 0 Å². The number of nitrogens with zero attached hydrogens (tertiary/aromatic N) is 2. The summed E-state index contributed by atoms with van der Waals surface area (Å²) >= 11 is 1.78. The molecule has 1 N–H and O–H groups in total. The summed E-state index contributed by atoms with van der Waals surface area (Å²) < 4.78 is 0. The lowest BCUT2D eigenvalue weighted by molar-refractivity contribution is 0.312. The molecule has 0 bridgehead atoms. The van der Waals surface area contributed by atoms with Crippen LogP contribution in [0, 0.1) is 5.92 Å². The van der Waals surface area contributed by atoms with E-state index in [4.69, 9.17) is 4.98 Å². The van der Waals surface area contributed by atoms with Crippen LogP contribution in [0.25, 0.3) is 0 Å². The Morgan fingerprint density at radius 3 is 3.06 bits per heavy atom. The fourth-order valence-corrected chi connectivity index (χ4v) is 3.15. The van der Waals surface area contributed by atoms with Gasteiger partial charge in [-0.3, -0.25) is 4.90 Å². The van der Waals surface area contributed by atoms with Gasteiger partial charge in [0.15, 0.2) is 0 Å². The van der Waals surface area contributed by atoms with Gasteiger partial charge in [0.2, 0.25) is 0 Å². The normalized spacial score (nSPS) is 21.0. The number of thiazole rings is 1. The van der Waals surface area contributed by atoms with Crippen LogP contribution in [0.4, 0.5) is 0 Å². The first-order chi connectivity index (χ1) is 8.67. The standard InChI is InChI=1S/C14H25N3S/c1-4-12-5-6-17(8-12)9-13-10-18-14(16-13)7-15-11(2)3/h10-12,15H,4-9H2,1-3H3. The highest BCUT2D eigenvalue weighted by Gasteiger charge is 2.21. The highest BCUT2D eigenvalue weighted by atomic mass is 32.1. The molecular weight excluding hydrogens is 242 g/mol. The van der Waals surface area contributed by atoms with E-state index in [1.165, 1.54) is 36.6 Å². The van der Waals surface area contributed by atoms with E-state index >= 15 is 0 Å². The summed E-state index contributed by atoms with van der Waals surface area (Å²) in [6, 6.07) is 0.529. The Labute approximate surface area is 115 Å². The molecule has 0 spiro atoms. The van der Waals surface area contributed by atoms with E-state index in [9.17, 15) is 0 Å². The predicted molar refractivity (Wildman–Crippen MR) is 77.8 cm³/mol. The molecule has 3 nitrogen and oxygen atoms in total. The van der Waals surface area contributed by atoms with Crippen molar-refractivity contribution in [3.63, 3.8) is 0 Å². The lowest BCUT2D eigenvalue weighted by Crippen LogP contribution is -2.22. The van der Waals surface area contributed by atoms with Gasteiger partial charge in [0.25, 0.3) is 0 Å². The molecule has 2 heterocycles. The molecule has 18 heavy (non-hydrogen) atoms. The Morgan fingerprint density at radius 1 is 1.56 bits per heavy atom. The van der Waals surface area contributed by atoms with Crippen molar-refractivity contribution in [2.75, 3.05) is 13.1 Å². The number of rotatable bonds is 6. The van der Waals surface area contributed by atoms with Gasteiger partial charge in [-0.15, -0.1) is 11.3 Å². The van der Waals surface area contributed by atoms with E-state index in [1.54, 1.807) is 11.3 Å². The van der Waals surface area contributed by atoms with Crippen LogP contribution >= 0.6 is 11.3 Å². The molecule has 1 aliphatic rings. The topological polar surface area (TPSA) is 28.2 Å². The lowest BCUT2D eigenvalue weighted by atomic mass is 10.1. The molecule has 1 aromatic heterocycles. The molecular formula is C14H25N3S. The third kappa shape index (κ3) is 4.04. The van der Waals surface area contributed by atoms with Crippen molar-refractivity contribution in [1.29, 1.82) is 0 Å². The quantitative estimate of drug-likeness (QED) is 0.859. The maximum absolute atomic E-state index is 4.71. The number of hydrogen-bond donors (Lipinski definition) is 1. The van der Waals surface area contributed by atoms with Crippen molar-refractivity contribution in [2.24, 2.45) is 5.92 Å². The first-order valence-corrected chi connectivity index (χ1v) is 7.94. The first kappa shape index (κ1) is 14.0. The van der Waals surface area contributed by atoms with Gasteiger partial charge in [0, 0.05) is 31.1 Å². The summed E-state index contributed by atoms with van der Waals surface area (Å²) in [6.07, 6.45) is 2.68. The van der Waals surface area contributed by atoms with Gasteiger partial charge >= 0.3 is 0 Å². The van der Waals surface area contributed by atoms with Crippen molar-refractivity contribution in [3.05, 3.63) is 16.1 Å². The average molecular weight is 267 g/mol. The van der Waals surface area contributed by atoms with Gasteiger partial charge in [-0.05, 0) is 18.9 Å². The van der Waals surface area contributed by atoms with Crippen LogP contribution in [0.3, 0.4) is 0 Å². The maximum Gasteiger partial charge on any atom is 0.107 e. The largest absolute Gasteiger partial charge is 0.308 e. The lowest BCUT2D eigenvalue weighted by Gasteiger charge is -2.13. The van der Waals surface area contributed by atoms with Gasteiger partial charge in [-0.25, -0.2) is 4.98 Å². The molecule has 0 amide bonds. The van der Waals surface area contributed by atoms with E-state index < -0.39 is 0 Å². The zero-order chi connectivity index (χ0) is 13.0. The summed E-state index contributed by atoms with van der Waals surface area (Å²) in [6.45, 7) is 11.1. The minimum atomic E-state index is 0.529. The smallest absolute Gasteiger partial charge is 0.107 e. The Balaban J connectivity index is 1.80. The Hall–Kier alpha value is -0.450. The van der Waals surface area contributed by atoms with Crippen LogP contribution < -0.4 is 5.32 Å². The van der Waals surface area contributed by atoms with Crippen molar-refractivity contribution >= 4 is 11.3 Å². The molecule has 0 aliphatic carbocycles. The fraction of sp³-hybridized carbons (Fsp3) is 0.786. The number of aromatic nitrogens is 1. The molecule has 4 heteroatoms. The van der Waals surface area contributed by atoms with E-state index in [1.807, 2.05) is 0 Å². The summed E-state index contributed by atoms with van der Waals surface area (Å²) in [5, 5.41) is 6.85. The van der Waals surface area contributed by atoms with Gasteiger partial charge in [-0.1, -0.05) is 27.2 Å². The average Bonchev–Trinajstić information content (AvgIpc) is 2.96. The molecule has 1 saturated heterocycles. The van der Waals surface area contributed by atoms with Crippen molar-refractivity contribution in [1.82, 2.24) is 15.2 Å². The molecule has 1 aromatic rings. The van der Waals surface area contributed by atoms with E-state index in [0.717, 1.165) is 19.0 Å². The predicted octanol–water partition coefficient (Wildman–Crippen LogP) is 2.87. The molecule has 1 fully saturated rings. The minimum absolute atomic E-state index is 0.529. The minimum Gasteiger partial charge on any atom is -0.308 e. The third-order valence-electron chi connectivity index (χ3n) is 3.59. The summed E-state index contributed by atoms with van der Waals surface area (Å²) in [5.74, 6) is 0.908. The highest BCUT2D eigenvalue weighted by molar-refractivity contribution is 7.09. The molecule has 1 unspecified atom stereocenters. The second-order valence-corrected chi connectivity index (χ2v) is 6.51. The number of likely N-dealkylation sites (tertiary alicyclic amines) is 1. The Morgan fingerprint density at radius 2 is 2.39 bits per heavy atom. The Kier molecular flexibility index (Phi) is 5.15. The van der Waals surface area contributed by atoms with Gasteiger partial charge in [0.1, 0.15) is 5.01 Å². The maximum atomic E-state index is 4.71. The second-order valence-electron chi connectivity index (χ2n) is 5.57. The van der Waals surface area contributed by atoms with Crippen LogP contribution in [0.2, 0.25) is 0 Å². The van der Waals surface area contributed by atoms with Crippen LogP contribution in [0.15, 0.2) is 5.38 Å². The van der Waals surface area contributed by atoms with E-state index in [0.29, 0.717) is 6.04 Å². The molecule has 102 valence electrons. The van der Waals surface area contributed by atoms with Crippen LogP contribution in [-0.2, 0) is 13.1 Å². The monoisotopic (exact) mass is 267 g/mol. The fourth-order valence-electron chi connectivity index (χ4n) is 2.41. The first-order valence-electron chi connectivity index (χ1n) is 7.06.